The minimum absolute atomic E-state index is 0.281. The standard InChI is InChI=1S/C13H20O7/c1-5(14)16-9-8(15-4)10-12(19-6(2)17-10)13-11(9)18-7(3)20-13/h6-13H,1-4H3/t6?,7?,8-,9-,10+,11+,12+,13+/m1/s1. The molecule has 0 N–H and O–H groups in total. The van der Waals surface area contributed by atoms with Gasteiger partial charge in [-0.2, -0.15) is 0 Å². The lowest BCUT2D eigenvalue weighted by Gasteiger charge is -2.41. The quantitative estimate of drug-likeness (QED) is 0.672. The molecule has 2 aliphatic heterocycles. The van der Waals surface area contributed by atoms with Crippen LogP contribution in [0.4, 0.5) is 0 Å². The van der Waals surface area contributed by atoms with Crippen LogP contribution in [0.3, 0.4) is 0 Å². The van der Waals surface area contributed by atoms with E-state index in [2.05, 4.69) is 0 Å². The summed E-state index contributed by atoms with van der Waals surface area (Å²) in [6.07, 6.45) is -3.08. The maximum Gasteiger partial charge on any atom is 0.303 e. The van der Waals surface area contributed by atoms with Gasteiger partial charge in [0.05, 0.1) is 0 Å². The molecular weight excluding hydrogens is 268 g/mol. The second-order valence-corrected chi connectivity index (χ2v) is 5.31. The van der Waals surface area contributed by atoms with Gasteiger partial charge in [0.15, 0.2) is 18.7 Å². The van der Waals surface area contributed by atoms with E-state index in [9.17, 15) is 4.79 Å². The Balaban J connectivity index is 1.90. The van der Waals surface area contributed by atoms with Crippen molar-refractivity contribution in [2.75, 3.05) is 7.11 Å². The maximum atomic E-state index is 11.4. The van der Waals surface area contributed by atoms with E-state index in [0.717, 1.165) is 0 Å². The van der Waals surface area contributed by atoms with Gasteiger partial charge in [-0.3, -0.25) is 4.79 Å². The van der Waals surface area contributed by atoms with Crippen molar-refractivity contribution in [1.82, 2.24) is 0 Å². The zero-order valence-corrected chi connectivity index (χ0v) is 12.0. The highest BCUT2D eigenvalue weighted by molar-refractivity contribution is 5.66. The first-order valence-corrected chi connectivity index (χ1v) is 6.83. The average Bonchev–Trinajstić information content (AvgIpc) is 2.91. The first kappa shape index (κ1) is 14.2. The van der Waals surface area contributed by atoms with Crippen LogP contribution in [0.1, 0.15) is 20.8 Å². The van der Waals surface area contributed by atoms with Crippen LogP contribution in [0, 0.1) is 0 Å². The van der Waals surface area contributed by atoms with Crippen molar-refractivity contribution in [1.29, 1.82) is 0 Å². The molecule has 2 unspecified atom stereocenters. The van der Waals surface area contributed by atoms with E-state index in [-0.39, 0.29) is 36.9 Å². The highest BCUT2D eigenvalue weighted by Gasteiger charge is 2.61. The van der Waals surface area contributed by atoms with E-state index in [1.54, 1.807) is 14.0 Å². The van der Waals surface area contributed by atoms with E-state index >= 15 is 0 Å². The van der Waals surface area contributed by atoms with Crippen LogP contribution in [-0.2, 0) is 33.2 Å². The van der Waals surface area contributed by atoms with Gasteiger partial charge in [0, 0.05) is 14.0 Å². The molecule has 3 aliphatic rings. The lowest BCUT2D eigenvalue weighted by atomic mass is 9.84. The molecule has 114 valence electrons. The smallest absolute Gasteiger partial charge is 0.303 e. The van der Waals surface area contributed by atoms with Gasteiger partial charge in [0.2, 0.25) is 0 Å². The van der Waals surface area contributed by atoms with Crippen LogP contribution in [0.25, 0.3) is 0 Å². The lowest BCUT2D eigenvalue weighted by molar-refractivity contribution is -0.195. The molecule has 7 nitrogen and oxygen atoms in total. The monoisotopic (exact) mass is 288 g/mol. The molecular formula is C13H20O7. The minimum atomic E-state index is -0.567. The van der Waals surface area contributed by atoms with Crippen molar-refractivity contribution in [2.45, 2.75) is 70.0 Å². The fourth-order valence-corrected chi connectivity index (χ4v) is 3.28. The summed E-state index contributed by atoms with van der Waals surface area (Å²) in [5.74, 6) is -0.385. The van der Waals surface area contributed by atoms with E-state index in [1.165, 1.54) is 6.92 Å². The second-order valence-electron chi connectivity index (χ2n) is 5.31. The van der Waals surface area contributed by atoms with Gasteiger partial charge in [0.25, 0.3) is 0 Å². The zero-order chi connectivity index (χ0) is 14.4. The summed E-state index contributed by atoms with van der Waals surface area (Å²) in [4.78, 5) is 11.4. The minimum Gasteiger partial charge on any atom is -0.457 e. The topological polar surface area (TPSA) is 72.5 Å². The van der Waals surface area contributed by atoms with E-state index < -0.39 is 18.3 Å². The third kappa shape index (κ3) is 2.23. The van der Waals surface area contributed by atoms with Gasteiger partial charge >= 0.3 is 5.97 Å². The van der Waals surface area contributed by atoms with Crippen molar-refractivity contribution in [2.24, 2.45) is 0 Å². The number of carbonyl (C=O) groups excluding carboxylic acids is 1. The molecule has 1 saturated carbocycles. The summed E-state index contributed by atoms with van der Waals surface area (Å²) >= 11 is 0. The van der Waals surface area contributed by atoms with E-state index in [0.29, 0.717) is 0 Å². The molecule has 0 radical (unpaired) electrons. The van der Waals surface area contributed by atoms with Crippen LogP contribution >= 0.6 is 0 Å². The first-order chi connectivity index (χ1) is 9.51. The van der Waals surface area contributed by atoms with Crippen LogP contribution in [0.5, 0.6) is 0 Å². The molecule has 0 amide bonds. The molecule has 2 saturated heterocycles. The van der Waals surface area contributed by atoms with Gasteiger partial charge in [-0.05, 0) is 13.8 Å². The van der Waals surface area contributed by atoms with Crippen molar-refractivity contribution < 1.29 is 33.2 Å². The molecule has 3 rings (SSSR count). The van der Waals surface area contributed by atoms with Crippen molar-refractivity contribution in [3.63, 3.8) is 0 Å². The van der Waals surface area contributed by atoms with Crippen molar-refractivity contribution in [3.8, 4) is 0 Å². The predicted molar refractivity (Wildman–Crippen MR) is 64.8 cm³/mol. The Bertz CT molecular complexity index is 375. The number of esters is 1. The zero-order valence-electron chi connectivity index (χ0n) is 12.0. The summed E-state index contributed by atoms with van der Waals surface area (Å²) in [7, 11) is 1.56. The van der Waals surface area contributed by atoms with Gasteiger partial charge in [-0.1, -0.05) is 0 Å². The maximum absolute atomic E-state index is 11.4. The largest absolute Gasteiger partial charge is 0.457 e. The summed E-state index contributed by atoms with van der Waals surface area (Å²) < 4.78 is 33.9. The Kier molecular flexibility index (Phi) is 3.72. The predicted octanol–water partition coefficient (Wildman–Crippen LogP) is 0.207. The van der Waals surface area contributed by atoms with Crippen LogP contribution in [0.2, 0.25) is 0 Å². The molecule has 0 aromatic heterocycles. The Labute approximate surface area is 117 Å². The Morgan fingerprint density at radius 1 is 0.850 bits per heavy atom. The molecule has 1 aliphatic carbocycles. The molecule has 8 atom stereocenters. The molecule has 0 spiro atoms. The normalized spacial score (nSPS) is 50.6. The van der Waals surface area contributed by atoms with Crippen molar-refractivity contribution >= 4 is 5.97 Å². The summed E-state index contributed by atoms with van der Waals surface area (Å²) in [5, 5.41) is 0. The Hall–Kier alpha value is -0.730. The molecule has 7 heteroatoms. The molecule has 3 fully saturated rings. The Morgan fingerprint density at radius 2 is 1.30 bits per heavy atom. The number of carbonyl (C=O) groups is 1. The third-order valence-corrected chi connectivity index (χ3v) is 3.91. The highest BCUT2D eigenvalue weighted by Crippen LogP contribution is 2.41. The Morgan fingerprint density at radius 3 is 1.75 bits per heavy atom. The van der Waals surface area contributed by atoms with Gasteiger partial charge < -0.3 is 28.4 Å². The van der Waals surface area contributed by atoms with E-state index in [1.807, 2.05) is 6.92 Å². The summed E-state index contributed by atoms with van der Waals surface area (Å²) in [6.45, 7) is 4.99. The summed E-state index contributed by atoms with van der Waals surface area (Å²) in [6, 6.07) is 0. The number of hydrogen-bond donors (Lipinski definition) is 0. The average molecular weight is 288 g/mol. The second kappa shape index (κ2) is 5.23. The number of hydrogen-bond acceptors (Lipinski definition) is 7. The molecule has 0 aromatic rings. The van der Waals surface area contributed by atoms with E-state index in [4.69, 9.17) is 28.4 Å². The SMILES string of the molecule is CO[C@@H]1[C@@H](OC(C)=O)[C@@H]2OC(C)O[C@@H]2[C@H]2OC(C)O[C@@H]12. The van der Waals surface area contributed by atoms with Gasteiger partial charge in [-0.25, -0.2) is 0 Å². The van der Waals surface area contributed by atoms with Crippen LogP contribution < -0.4 is 0 Å². The molecule has 0 bridgehead atoms. The first-order valence-electron chi connectivity index (χ1n) is 6.83. The molecule has 2 heterocycles. The van der Waals surface area contributed by atoms with Crippen LogP contribution in [-0.4, -0.2) is 62.3 Å². The highest BCUT2D eigenvalue weighted by atomic mass is 16.8. The lowest BCUT2D eigenvalue weighted by Crippen LogP contribution is -2.63. The molecule has 0 aromatic carbocycles. The molecule has 20 heavy (non-hydrogen) atoms. The fraction of sp³-hybridized carbons (Fsp3) is 0.923. The number of methoxy groups -OCH3 is 1. The number of ether oxygens (including phenoxy) is 6. The number of rotatable bonds is 2. The third-order valence-electron chi connectivity index (χ3n) is 3.91. The van der Waals surface area contributed by atoms with Crippen LogP contribution in [0.15, 0.2) is 0 Å². The fourth-order valence-electron chi connectivity index (χ4n) is 3.28. The number of fused-ring (bicyclic) bond motifs is 3. The van der Waals surface area contributed by atoms with Gasteiger partial charge in [-0.15, -0.1) is 0 Å². The van der Waals surface area contributed by atoms with Gasteiger partial charge in [0.1, 0.15) is 30.5 Å². The summed E-state index contributed by atoms with van der Waals surface area (Å²) in [5.41, 5.74) is 0. The van der Waals surface area contributed by atoms with Crippen molar-refractivity contribution in [3.05, 3.63) is 0 Å².